The first kappa shape index (κ1) is 22.7. The summed E-state index contributed by atoms with van der Waals surface area (Å²) in [5, 5.41) is 22.0. The number of methoxy groups -OCH3 is 1. The lowest BCUT2D eigenvalue weighted by Crippen LogP contribution is -2.49. The summed E-state index contributed by atoms with van der Waals surface area (Å²) < 4.78 is 11.2. The largest absolute Gasteiger partial charge is 0.491 e. The first-order valence-corrected chi connectivity index (χ1v) is 11.0. The van der Waals surface area contributed by atoms with E-state index in [1.54, 1.807) is 4.90 Å². The number of benzene rings is 1. The number of fused-ring (bicyclic) bond motifs is 1. The Morgan fingerprint density at radius 2 is 2.03 bits per heavy atom. The fourth-order valence-corrected chi connectivity index (χ4v) is 4.57. The van der Waals surface area contributed by atoms with E-state index in [4.69, 9.17) is 9.47 Å². The second-order valence-corrected chi connectivity index (χ2v) is 8.81. The van der Waals surface area contributed by atoms with Crippen molar-refractivity contribution < 1.29 is 24.5 Å². The molecule has 0 saturated carbocycles. The molecule has 2 heterocycles. The Balaban J connectivity index is 1.85. The first-order chi connectivity index (χ1) is 14.4. The van der Waals surface area contributed by atoms with Gasteiger partial charge in [-0.1, -0.05) is 18.2 Å². The number of carbonyl (C=O) groups is 1. The zero-order chi connectivity index (χ0) is 21.7. The maximum Gasteiger partial charge on any atom is 0.265 e. The van der Waals surface area contributed by atoms with Crippen molar-refractivity contribution in [2.75, 3.05) is 26.8 Å². The lowest BCUT2D eigenvalue weighted by atomic mass is 10.1. The van der Waals surface area contributed by atoms with Gasteiger partial charge in [0, 0.05) is 20.2 Å². The first-order valence-electron chi connectivity index (χ1n) is 10.2. The number of ether oxygens (including phenoxy) is 2. The molecule has 2 aromatic rings. The Kier molecular flexibility index (Phi) is 7.82. The smallest absolute Gasteiger partial charge is 0.265 e. The highest BCUT2D eigenvalue weighted by Gasteiger charge is 2.31. The topological polar surface area (TPSA) is 92.1 Å². The van der Waals surface area contributed by atoms with Crippen LogP contribution in [-0.2, 0) is 11.2 Å². The van der Waals surface area contributed by atoms with Crippen LogP contribution in [0.25, 0.3) is 0 Å². The number of amides is 1. The molecule has 8 heteroatoms. The predicted octanol–water partition coefficient (Wildman–Crippen LogP) is 2.35. The lowest BCUT2D eigenvalue weighted by molar-refractivity contribution is -0.0924. The Hall–Kier alpha value is -2.00. The molecule has 1 amide bonds. The molecule has 164 valence electrons. The van der Waals surface area contributed by atoms with Crippen LogP contribution in [0, 0.1) is 13.8 Å². The molecule has 2 N–H and O–H groups in total. The summed E-state index contributed by atoms with van der Waals surface area (Å²) in [5.41, 5.74) is 1.76. The van der Waals surface area contributed by atoms with Crippen molar-refractivity contribution in [3.05, 3.63) is 45.4 Å². The summed E-state index contributed by atoms with van der Waals surface area (Å²) in [4.78, 5) is 19.9. The summed E-state index contributed by atoms with van der Waals surface area (Å²) >= 11 is 1.37. The molecule has 0 fully saturated rings. The fraction of sp³-hybridized carbons (Fsp3) is 0.545. The van der Waals surface area contributed by atoms with Crippen molar-refractivity contribution in [1.82, 2.24) is 9.88 Å². The number of carbonyl (C=O) groups excluding carboxylic acids is 1. The molecule has 3 rings (SSSR count). The third kappa shape index (κ3) is 5.37. The molecule has 0 aliphatic carbocycles. The average molecular weight is 435 g/mol. The van der Waals surface area contributed by atoms with E-state index in [2.05, 4.69) is 4.98 Å². The summed E-state index contributed by atoms with van der Waals surface area (Å²) in [6.45, 7) is 4.36. The molecule has 0 bridgehead atoms. The minimum absolute atomic E-state index is 0.0564. The number of aliphatic hydroxyl groups is 2. The van der Waals surface area contributed by atoms with Gasteiger partial charge >= 0.3 is 0 Å². The van der Waals surface area contributed by atoms with Crippen molar-refractivity contribution in [2.45, 2.75) is 51.4 Å². The lowest BCUT2D eigenvalue weighted by Gasteiger charge is -2.31. The second kappa shape index (κ2) is 10.3. The van der Waals surface area contributed by atoms with Crippen LogP contribution in [0.1, 0.15) is 38.8 Å². The minimum atomic E-state index is -1.19. The molecule has 0 radical (unpaired) electrons. The molecular weight excluding hydrogens is 404 g/mol. The molecule has 3 atom stereocenters. The number of aromatic nitrogens is 1. The second-order valence-electron chi connectivity index (χ2n) is 7.61. The molecule has 1 aromatic carbocycles. The number of aryl methyl sites for hydroxylation is 3. The molecule has 30 heavy (non-hydrogen) atoms. The van der Waals surface area contributed by atoms with Gasteiger partial charge < -0.3 is 24.6 Å². The number of para-hydroxylation sites is 1. The van der Waals surface area contributed by atoms with Crippen LogP contribution in [-0.4, -0.2) is 71.1 Å². The minimum Gasteiger partial charge on any atom is -0.491 e. The number of hydrogen-bond acceptors (Lipinski definition) is 7. The molecule has 0 saturated heterocycles. The van der Waals surface area contributed by atoms with E-state index in [1.807, 2.05) is 38.1 Å². The normalized spacial score (nSPS) is 23.5. The standard InChI is InChI=1S/C22H30N2O5S/c1-14-21(30-15(2)23-14)22(27)24-11-7-6-9-16-8-4-5-10-18(16)29-13-17(25)20(26)19(12-24)28-3/h4-5,8,10,17,19-20,25-26H,6-7,9,11-13H2,1-3H3/t17-,19+,20-/m1/s1. The quantitative estimate of drug-likeness (QED) is 0.754. The predicted molar refractivity (Wildman–Crippen MR) is 115 cm³/mol. The molecule has 0 unspecified atom stereocenters. The van der Waals surface area contributed by atoms with Crippen LogP contribution in [0.5, 0.6) is 5.75 Å². The molecular formula is C22H30N2O5S. The van der Waals surface area contributed by atoms with Crippen LogP contribution in [0.2, 0.25) is 0 Å². The van der Waals surface area contributed by atoms with Crippen LogP contribution in [0.15, 0.2) is 24.3 Å². The molecule has 1 aliphatic rings. The van der Waals surface area contributed by atoms with Gasteiger partial charge in [-0.25, -0.2) is 4.98 Å². The van der Waals surface area contributed by atoms with Gasteiger partial charge in [0.2, 0.25) is 0 Å². The maximum absolute atomic E-state index is 13.2. The highest BCUT2D eigenvalue weighted by Crippen LogP contribution is 2.23. The van der Waals surface area contributed by atoms with Gasteiger partial charge in [0.05, 0.1) is 10.7 Å². The van der Waals surface area contributed by atoms with E-state index in [-0.39, 0.29) is 19.1 Å². The van der Waals surface area contributed by atoms with E-state index in [0.29, 0.717) is 22.9 Å². The molecule has 1 aromatic heterocycles. The van der Waals surface area contributed by atoms with Gasteiger partial charge in [-0.15, -0.1) is 11.3 Å². The van der Waals surface area contributed by atoms with Crippen molar-refractivity contribution >= 4 is 17.2 Å². The zero-order valence-corrected chi connectivity index (χ0v) is 18.5. The van der Waals surface area contributed by atoms with E-state index in [1.165, 1.54) is 18.4 Å². The molecule has 7 nitrogen and oxygen atoms in total. The monoisotopic (exact) mass is 434 g/mol. The maximum atomic E-state index is 13.2. The van der Waals surface area contributed by atoms with Gasteiger partial charge in [-0.05, 0) is 44.7 Å². The zero-order valence-electron chi connectivity index (χ0n) is 17.7. The summed E-state index contributed by atoms with van der Waals surface area (Å²) in [6.07, 6.45) is -0.587. The van der Waals surface area contributed by atoms with Crippen molar-refractivity contribution in [3.63, 3.8) is 0 Å². The van der Waals surface area contributed by atoms with Gasteiger partial charge in [-0.3, -0.25) is 4.79 Å². The van der Waals surface area contributed by atoms with Crippen molar-refractivity contribution in [2.24, 2.45) is 0 Å². The van der Waals surface area contributed by atoms with E-state index in [9.17, 15) is 15.0 Å². The third-order valence-corrected chi connectivity index (χ3v) is 6.43. The Morgan fingerprint density at radius 3 is 2.73 bits per heavy atom. The number of aliphatic hydroxyl groups excluding tert-OH is 2. The van der Waals surface area contributed by atoms with Crippen molar-refractivity contribution in [1.29, 1.82) is 0 Å². The SMILES string of the molecule is CO[C@H]1CN(C(=O)c2sc(C)nc2C)CCCCc2ccccc2OC[C@@H](O)[C@H]1O. The van der Waals surface area contributed by atoms with Gasteiger partial charge in [0.1, 0.15) is 35.5 Å². The summed E-state index contributed by atoms with van der Waals surface area (Å²) in [6, 6.07) is 7.71. The van der Waals surface area contributed by atoms with Crippen LogP contribution >= 0.6 is 11.3 Å². The highest BCUT2D eigenvalue weighted by atomic mass is 32.1. The molecule has 1 aliphatic heterocycles. The average Bonchev–Trinajstić information content (AvgIpc) is 3.08. The number of nitrogens with zero attached hydrogens (tertiary/aromatic N) is 2. The van der Waals surface area contributed by atoms with Gasteiger partial charge in [0.15, 0.2) is 0 Å². The van der Waals surface area contributed by atoms with Gasteiger partial charge in [0.25, 0.3) is 5.91 Å². The number of rotatable bonds is 2. The number of hydrogen-bond donors (Lipinski definition) is 2. The van der Waals surface area contributed by atoms with Crippen LogP contribution in [0.3, 0.4) is 0 Å². The fourth-order valence-electron chi connectivity index (χ4n) is 3.68. The number of thiazole rings is 1. The van der Waals surface area contributed by atoms with E-state index < -0.39 is 18.3 Å². The van der Waals surface area contributed by atoms with Crippen molar-refractivity contribution in [3.8, 4) is 5.75 Å². The van der Waals surface area contributed by atoms with Crippen LogP contribution in [0.4, 0.5) is 0 Å². The highest BCUT2D eigenvalue weighted by molar-refractivity contribution is 7.13. The third-order valence-electron chi connectivity index (χ3n) is 5.37. The molecule has 0 spiro atoms. The Labute approximate surface area is 181 Å². The van der Waals surface area contributed by atoms with E-state index >= 15 is 0 Å². The van der Waals surface area contributed by atoms with E-state index in [0.717, 1.165) is 29.8 Å². The van der Waals surface area contributed by atoms with Gasteiger partial charge in [-0.2, -0.15) is 0 Å². The summed E-state index contributed by atoms with van der Waals surface area (Å²) in [5.74, 6) is 0.592. The van der Waals surface area contributed by atoms with Crippen LogP contribution < -0.4 is 4.74 Å². The Bertz CT molecular complexity index is 856. The Morgan fingerprint density at radius 1 is 1.27 bits per heavy atom. The summed E-state index contributed by atoms with van der Waals surface area (Å²) in [7, 11) is 1.47.